The van der Waals surface area contributed by atoms with Crippen LogP contribution in [0.4, 0.5) is 5.69 Å². The third-order valence-corrected chi connectivity index (χ3v) is 3.47. The molecule has 0 bridgehead atoms. The zero-order valence-corrected chi connectivity index (χ0v) is 11.4. The molecule has 0 atom stereocenters. The smallest absolute Gasteiger partial charge is 0.140 e. The Morgan fingerprint density at radius 1 is 1.05 bits per heavy atom. The Balaban J connectivity index is 2.38. The second-order valence-corrected chi connectivity index (χ2v) is 5.10. The van der Waals surface area contributed by atoms with E-state index in [1.165, 1.54) is 16.7 Å². The molecular weight excluding hydrogens is 234 g/mol. The largest absolute Gasteiger partial charge is 0.397 e. The summed E-state index contributed by atoms with van der Waals surface area (Å²) in [5.41, 5.74) is 13.6. The van der Waals surface area contributed by atoms with Crippen LogP contribution in [-0.4, -0.2) is 9.97 Å². The van der Waals surface area contributed by atoms with E-state index >= 15 is 0 Å². The third-order valence-electron chi connectivity index (χ3n) is 3.47. The van der Waals surface area contributed by atoms with Crippen LogP contribution in [0.1, 0.15) is 16.8 Å². The summed E-state index contributed by atoms with van der Waals surface area (Å²) in [6, 6.07) is 8.59. The molecule has 0 amide bonds. The molecule has 0 aliphatic carbocycles. The van der Waals surface area contributed by atoms with Gasteiger partial charge in [-0.3, -0.25) is 0 Å². The quantitative estimate of drug-likeness (QED) is 0.692. The number of hydrogen-bond donors (Lipinski definition) is 2. The SMILES string of the molecule is Cc1ccc(-c2cc(C)nc3[nH]cc(N)c23)c(C)c1. The number of aromatic amines is 1. The number of nitrogens with two attached hydrogens (primary N) is 1. The van der Waals surface area contributed by atoms with Crippen molar-refractivity contribution in [3.8, 4) is 11.1 Å². The maximum atomic E-state index is 6.07. The van der Waals surface area contributed by atoms with Crippen LogP contribution in [0.25, 0.3) is 22.2 Å². The summed E-state index contributed by atoms with van der Waals surface area (Å²) in [5.74, 6) is 0. The number of hydrogen-bond acceptors (Lipinski definition) is 2. The summed E-state index contributed by atoms with van der Waals surface area (Å²) in [6.45, 7) is 6.24. The van der Waals surface area contributed by atoms with Gasteiger partial charge in [0.15, 0.2) is 0 Å². The van der Waals surface area contributed by atoms with Crippen molar-refractivity contribution in [1.82, 2.24) is 9.97 Å². The standard InChI is InChI=1S/C16H17N3/c1-9-4-5-12(10(2)6-9)13-7-11(3)19-16-15(13)14(17)8-18-16/h4-8H,17H2,1-3H3,(H,18,19). The van der Waals surface area contributed by atoms with E-state index in [1.807, 2.05) is 13.1 Å². The molecule has 96 valence electrons. The number of H-pyrrole nitrogens is 1. The van der Waals surface area contributed by atoms with Crippen molar-refractivity contribution in [3.63, 3.8) is 0 Å². The molecule has 0 aliphatic heterocycles. The van der Waals surface area contributed by atoms with Crippen molar-refractivity contribution >= 4 is 16.7 Å². The third kappa shape index (κ3) is 1.87. The molecule has 2 heterocycles. The summed E-state index contributed by atoms with van der Waals surface area (Å²) >= 11 is 0. The lowest BCUT2D eigenvalue weighted by molar-refractivity contribution is 1.22. The maximum Gasteiger partial charge on any atom is 0.140 e. The lowest BCUT2D eigenvalue weighted by Gasteiger charge is -2.10. The van der Waals surface area contributed by atoms with Crippen LogP contribution in [0.5, 0.6) is 0 Å². The lowest BCUT2D eigenvalue weighted by Crippen LogP contribution is -1.92. The predicted molar refractivity (Wildman–Crippen MR) is 80.2 cm³/mol. The maximum absolute atomic E-state index is 6.07. The van der Waals surface area contributed by atoms with Crippen LogP contribution >= 0.6 is 0 Å². The number of pyridine rings is 1. The Bertz CT molecular complexity index is 769. The van der Waals surface area contributed by atoms with Gasteiger partial charge in [0.2, 0.25) is 0 Å². The number of fused-ring (bicyclic) bond motifs is 1. The number of nitrogens with zero attached hydrogens (tertiary/aromatic N) is 1. The first-order valence-corrected chi connectivity index (χ1v) is 6.38. The fourth-order valence-electron chi connectivity index (χ4n) is 2.62. The summed E-state index contributed by atoms with van der Waals surface area (Å²) in [5, 5.41) is 1.01. The van der Waals surface area contributed by atoms with Crippen LogP contribution in [0.3, 0.4) is 0 Å². The first-order chi connectivity index (χ1) is 9.06. The number of nitrogens with one attached hydrogen (secondary N) is 1. The zero-order chi connectivity index (χ0) is 13.6. The van der Waals surface area contributed by atoms with Crippen molar-refractivity contribution in [2.24, 2.45) is 0 Å². The minimum absolute atomic E-state index is 0.748. The van der Waals surface area contributed by atoms with Gasteiger partial charge in [-0.15, -0.1) is 0 Å². The normalized spacial score (nSPS) is 11.1. The number of aryl methyl sites for hydroxylation is 3. The molecule has 0 saturated carbocycles. The van der Waals surface area contributed by atoms with Crippen LogP contribution in [0.2, 0.25) is 0 Å². The summed E-state index contributed by atoms with van der Waals surface area (Å²) in [4.78, 5) is 7.63. The van der Waals surface area contributed by atoms with E-state index < -0.39 is 0 Å². The van der Waals surface area contributed by atoms with Gasteiger partial charge >= 0.3 is 0 Å². The van der Waals surface area contributed by atoms with Crippen LogP contribution in [-0.2, 0) is 0 Å². The van der Waals surface area contributed by atoms with Crippen molar-refractivity contribution in [3.05, 3.63) is 47.3 Å². The van der Waals surface area contributed by atoms with Gasteiger partial charge in [0.25, 0.3) is 0 Å². The number of benzene rings is 1. The molecule has 0 spiro atoms. The molecule has 1 aromatic carbocycles. The highest BCUT2D eigenvalue weighted by Gasteiger charge is 2.12. The van der Waals surface area contributed by atoms with Crippen molar-refractivity contribution < 1.29 is 0 Å². The topological polar surface area (TPSA) is 54.7 Å². The van der Waals surface area contributed by atoms with Crippen molar-refractivity contribution in [2.45, 2.75) is 20.8 Å². The number of aromatic nitrogens is 2. The second kappa shape index (κ2) is 4.12. The van der Waals surface area contributed by atoms with Gasteiger partial charge in [-0.05, 0) is 43.5 Å². The average Bonchev–Trinajstić information content (AvgIpc) is 2.70. The Kier molecular flexibility index (Phi) is 2.56. The highest BCUT2D eigenvalue weighted by atomic mass is 14.9. The lowest BCUT2D eigenvalue weighted by atomic mass is 9.96. The fourth-order valence-corrected chi connectivity index (χ4v) is 2.62. The number of anilines is 1. The minimum Gasteiger partial charge on any atom is -0.397 e. The Morgan fingerprint density at radius 3 is 2.58 bits per heavy atom. The van der Waals surface area contributed by atoms with Crippen molar-refractivity contribution in [2.75, 3.05) is 5.73 Å². The summed E-state index contributed by atoms with van der Waals surface area (Å²) < 4.78 is 0. The molecule has 2 aromatic heterocycles. The van der Waals surface area contributed by atoms with Gasteiger partial charge in [-0.25, -0.2) is 4.98 Å². The highest BCUT2D eigenvalue weighted by molar-refractivity contribution is 6.02. The van der Waals surface area contributed by atoms with Gasteiger partial charge in [-0.2, -0.15) is 0 Å². The van der Waals surface area contributed by atoms with Gasteiger partial charge in [0, 0.05) is 17.3 Å². The van der Waals surface area contributed by atoms with Gasteiger partial charge < -0.3 is 10.7 Å². The van der Waals surface area contributed by atoms with E-state index in [4.69, 9.17) is 5.73 Å². The van der Waals surface area contributed by atoms with Gasteiger partial charge in [0.1, 0.15) is 5.65 Å². The van der Waals surface area contributed by atoms with E-state index in [2.05, 4.69) is 48.1 Å². The first-order valence-electron chi connectivity index (χ1n) is 6.38. The molecule has 0 saturated heterocycles. The molecule has 3 N–H and O–H groups in total. The van der Waals surface area contributed by atoms with Gasteiger partial charge in [-0.1, -0.05) is 23.8 Å². The van der Waals surface area contributed by atoms with Crippen molar-refractivity contribution in [1.29, 1.82) is 0 Å². The fraction of sp³-hybridized carbons (Fsp3) is 0.188. The average molecular weight is 251 g/mol. The molecular formula is C16H17N3. The Labute approximate surface area is 112 Å². The van der Waals surface area contributed by atoms with E-state index in [-0.39, 0.29) is 0 Å². The first kappa shape index (κ1) is 11.8. The molecule has 0 aliphatic rings. The second-order valence-electron chi connectivity index (χ2n) is 5.10. The molecule has 3 nitrogen and oxygen atoms in total. The monoisotopic (exact) mass is 251 g/mol. The van der Waals surface area contributed by atoms with E-state index in [1.54, 1.807) is 0 Å². The van der Waals surface area contributed by atoms with Gasteiger partial charge in [0.05, 0.1) is 5.69 Å². The summed E-state index contributed by atoms with van der Waals surface area (Å²) in [6.07, 6.45) is 1.81. The van der Waals surface area contributed by atoms with Crippen LogP contribution in [0, 0.1) is 20.8 Å². The highest BCUT2D eigenvalue weighted by Crippen LogP contribution is 2.34. The summed E-state index contributed by atoms with van der Waals surface area (Å²) in [7, 11) is 0. The van der Waals surface area contributed by atoms with Crippen LogP contribution in [0.15, 0.2) is 30.5 Å². The number of rotatable bonds is 1. The molecule has 0 unspecified atom stereocenters. The molecule has 3 aromatic rings. The molecule has 3 heteroatoms. The molecule has 0 radical (unpaired) electrons. The van der Waals surface area contributed by atoms with E-state index in [9.17, 15) is 0 Å². The molecule has 19 heavy (non-hydrogen) atoms. The molecule has 3 rings (SSSR count). The predicted octanol–water partition coefficient (Wildman–Crippen LogP) is 3.74. The van der Waals surface area contributed by atoms with Crippen LogP contribution < -0.4 is 5.73 Å². The Morgan fingerprint density at radius 2 is 1.84 bits per heavy atom. The van der Waals surface area contributed by atoms with E-state index in [0.717, 1.165) is 28.0 Å². The Hall–Kier alpha value is -2.29. The number of nitrogen functional groups attached to an aromatic ring is 1. The zero-order valence-electron chi connectivity index (χ0n) is 11.4. The van der Waals surface area contributed by atoms with E-state index in [0.29, 0.717) is 0 Å². The molecule has 0 fully saturated rings. The minimum atomic E-state index is 0.748.